The first-order valence-electron chi connectivity index (χ1n) is 9.84. The molecule has 1 aliphatic rings. The van der Waals surface area contributed by atoms with E-state index in [1.165, 1.54) is 11.8 Å². The lowest BCUT2D eigenvalue weighted by molar-refractivity contribution is -0.116. The highest BCUT2D eigenvalue weighted by molar-refractivity contribution is 7.99. The maximum Gasteiger partial charge on any atom is 0.224 e. The van der Waals surface area contributed by atoms with Crippen LogP contribution in [-0.2, 0) is 17.8 Å². The predicted molar refractivity (Wildman–Crippen MR) is 117 cm³/mol. The lowest BCUT2D eigenvalue weighted by Gasteiger charge is -2.17. The second-order valence-electron chi connectivity index (χ2n) is 7.16. The molecule has 30 heavy (non-hydrogen) atoms. The summed E-state index contributed by atoms with van der Waals surface area (Å²) in [6.07, 6.45) is 1.10. The zero-order chi connectivity index (χ0) is 20.7. The number of rotatable bonds is 5. The molecule has 2 aromatic heterocycles. The van der Waals surface area contributed by atoms with Crippen molar-refractivity contribution in [1.29, 1.82) is 0 Å². The van der Waals surface area contributed by atoms with E-state index in [-0.39, 0.29) is 17.4 Å². The van der Waals surface area contributed by atoms with E-state index in [4.69, 9.17) is 0 Å². The van der Waals surface area contributed by atoms with E-state index in [2.05, 4.69) is 38.1 Å². The monoisotopic (exact) mass is 417 g/mol. The Morgan fingerprint density at radius 3 is 2.90 bits per heavy atom. The van der Waals surface area contributed by atoms with E-state index < -0.39 is 0 Å². The third-order valence-electron chi connectivity index (χ3n) is 5.33. The van der Waals surface area contributed by atoms with Crippen LogP contribution in [0.4, 0.5) is 5.69 Å². The SMILES string of the molecule is CCn1c2ccccc2c2nnc(SCC(=O)c3ccc4c(c3)CCC(=O)N4)nc21. The normalized spacial score (nSPS) is 13.4. The third kappa shape index (κ3) is 3.23. The molecule has 0 atom stereocenters. The van der Waals surface area contributed by atoms with E-state index in [0.717, 1.165) is 39.9 Å². The first kappa shape index (κ1) is 18.7. The molecule has 0 fully saturated rings. The Labute approximate surface area is 176 Å². The highest BCUT2D eigenvalue weighted by Gasteiger charge is 2.18. The van der Waals surface area contributed by atoms with Crippen molar-refractivity contribution in [2.24, 2.45) is 0 Å². The Kier molecular flexibility index (Phi) is 4.71. The zero-order valence-electron chi connectivity index (χ0n) is 16.4. The van der Waals surface area contributed by atoms with Crippen LogP contribution in [0.2, 0.25) is 0 Å². The summed E-state index contributed by atoms with van der Waals surface area (Å²) < 4.78 is 2.11. The number of nitrogens with zero attached hydrogens (tertiary/aromatic N) is 4. The summed E-state index contributed by atoms with van der Waals surface area (Å²) in [4.78, 5) is 28.9. The largest absolute Gasteiger partial charge is 0.326 e. The van der Waals surface area contributed by atoms with E-state index in [1.54, 1.807) is 12.1 Å². The minimum absolute atomic E-state index is 0.000526. The highest BCUT2D eigenvalue weighted by Crippen LogP contribution is 2.28. The van der Waals surface area contributed by atoms with Crippen molar-refractivity contribution < 1.29 is 9.59 Å². The molecule has 150 valence electrons. The van der Waals surface area contributed by atoms with E-state index in [0.29, 0.717) is 23.6 Å². The smallest absolute Gasteiger partial charge is 0.224 e. The Morgan fingerprint density at radius 1 is 1.17 bits per heavy atom. The fourth-order valence-electron chi connectivity index (χ4n) is 3.84. The Morgan fingerprint density at radius 2 is 2.03 bits per heavy atom. The van der Waals surface area contributed by atoms with Crippen LogP contribution in [0.3, 0.4) is 0 Å². The lowest BCUT2D eigenvalue weighted by Crippen LogP contribution is -2.19. The molecule has 0 saturated heterocycles. The Bertz CT molecular complexity index is 1310. The minimum atomic E-state index is -0.000526. The van der Waals surface area contributed by atoms with Gasteiger partial charge in [-0.05, 0) is 43.2 Å². The van der Waals surface area contributed by atoms with Gasteiger partial charge in [-0.25, -0.2) is 4.98 Å². The molecular formula is C22H19N5O2S. The molecule has 0 aliphatic carbocycles. The van der Waals surface area contributed by atoms with Gasteiger partial charge in [0.25, 0.3) is 0 Å². The Hall–Kier alpha value is -3.26. The average molecular weight is 417 g/mol. The molecule has 0 bridgehead atoms. The first-order chi connectivity index (χ1) is 14.6. The van der Waals surface area contributed by atoms with Crippen LogP contribution in [-0.4, -0.2) is 37.2 Å². The first-order valence-corrected chi connectivity index (χ1v) is 10.8. The second kappa shape index (κ2) is 7.53. The summed E-state index contributed by atoms with van der Waals surface area (Å²) >= 11 is 1.29. The van der Waals surface area contributed by atoms with Crippen molar-refractivity contribution in [2.45, 2.75) is 31.5 Å². The maximum atomic E-state index is 12.7. The van der Waals surface area contributed by atoms with Crippen LogP contribution in [0.5, 0.6) is 0 Å². The number of nitrogens with one attached hydrogen (secondary N) is 1. The predicted octanol–water partition coefficient (Wildman–Crippen LogP) is 3.86. The number of hydrogen-bond donors (Lipinski definition) is 1. The van der Waals surface area contributed by atoms with Gasteiger partial charge in [-0.2, -0.15) is 0 Å². The molecule has 0 saturated carbocycles. The van der Waals surface area contributed by atoms with Gasteiger partial charge in [-0.3, -0.25) is 9.59 Å². The molecule has 7 nitrogen and oxygen atoms in total. The number of Topliss-reactive ketones (excluding diaryl/α,β-unsaturated/α-hetero) is 1. The van der Waals surface area contributed by atoms with Crippen molar-refractivity contribution in [3.05, 3.63) is 53.6 Å². The fraction of sp³-hybridized carbons (Fsp3) is 0.227. The molecule has 1 N–H and O–H groups in total. The molecule has 3 heterocycles. The summed E-state index contributed by atoms with van der Waals surface area (Å²) in [5.74, 6) is 0.242. The maximum absolute atomic E-state index is 12.7. The summed E-state index contributed by atoms with van der Waals surface area (Å²) in [6, 6.07) is 13.5. The number of aromatic nitrogens is 4. The van der Waals surface area contributed by atoms with Gasteiger partial charge in [0.15, 0.2) is 11.4 Å². The van der Waals surface area contributed by atoms with Crippen LogP contribution >= 0.6 is 11.8 Å². The average Bonchev–Trinajstić information content (AvgIpc) is 3.10. The van der Waals surface area contributed by atoms with Gasteiger partial charge in [-0.1, -0.05) is 30.0 Å². The van der Waals surface area contributed by atoms with E-state index >= 15 is 0 Å². The van der Waals surface area contributed by atoms with Crippen molar-refractivity contribution in [2.75, 3.05) is 11.1 Å². The van der Waals surface area contributed by atoms with Crippen LogP contribution in [0, 0.1) is 0 Å². The number of carbonyl (C=O) groups excluding carboxylic acids is 2. The van der Waals surface area contributed by atoms with Gasteiger partial charge in [0, 0.05) is 29.6 Å². The second-order valence-corrected chi connectivity index (χ2v) is 8.10. The number of benzene rings is 2. The number of thioether (sulfide) groups is 1. The molecular weight excluding hydrogens is 398 g/mol. The van der Waals surface area contributed by atoms with E-state index in [9.17, 15) is 9.59 Å². The van der Waals surface area contributed by atoms with Crippen LogP contribution in [0.15, 0.2) is 47.6 Å². The molecule has 0 unspecified atom stereocenters. The topological polar surface area (TPSA) is 89.8 Å². The van der Waals surface area contributed by atoms with Gasteiger partial charge in [-0.15, -0.1) is 10.2 Å². The number of carbonyl (C=O) groups is 2. The molecule has 8 heteroatoms. The van der Waals surface area contributed by atoms with Gasteiger partial charge >= 0.3 is 0 Å². The standard InChI is InChI=1S/C22H19N5O2S/c1-2-27-17-6-4-3-5-15(17)20-21(27)24-22(26-25-20)30-12-18(28)14-7-9-16-13(11-14)8-10-19(29)23-16/h3-7,9,11H,2,8,10,12H2,1H3,(H,23,29). The van der Waals surface area contributed by atoms with Crippen LogP contribution in [0.25, 0.3) is 22.1 Å². The molecule has 1 amide bonds. The van der Waals surface area contributed by atoms with Crippen molar-refractivity contribution in [1.82, 2.24) is 19.7 Å². The highest BCUT2D eigenvalue weighted by atomic mass is 32.2. The summed E-state index contributed by atoms with van der Waals surface area (Å²) in [7, 11) is 0. The van der Waals surface area contributed by atoms with Gasteiger partial charge in [0.05, 0.1) is 11.3 Å². The molecule has 2 aromatic carbocycles. The van der Waals surface area contributed by atoms with Gasteiger partial charge in [0.2, 0.25) is 11.1 Å². The lowest BCUT2D eigenvalue weighted by atomic mass is 9.99. The summed E-state index contributed by atoms with van der Waals surface area (Å²) in [5.41, 5.74) is 5.07. The fourth-order valence-corrected chi connectivity index (χ4v) is 4.52. The molecule has 4 aromatic rings. The number of anilines is 1. The van der Waals surface area contributed by atoms with E-state index in [1.807, 2.05) is 24.3 Å². The Balaban J connectivity index is 1.38. The van der Waals surface area contributed by atoms with Crippen LogP contribution < -0.4 is 5.32 Å². The molecule has 0 spiro atoms. The number of fused-ring (bicyclic) bond motifs is 4. The van der Waals surface area contributed by atoms with Crippen molar-refractivity contribution in [3.8, 4) is 0 Å². The molecule has 5 rings (SSSR count). The minimum Gasteiger partial charge on any atom is -0.326 e. The number of aryl methyl sites for hydroxylation is 2. The summed E-state index contributed by atoms with van der Waals surface area (Å²) in [5, 5.41) is 13.0. The molecule has 0 radical (unpaired) electrons. The summed E-state index contributed by atoms with van der Waals surface area (Å²) in [6.45, 7) is 2.85. The van der Waals surface area contributed by atoms with Gasteiger partial charge in [0.1, 0.15) is 5.52 Å². The number of ketones is 1. The zero-order valence-corrected chi connectivity index (χ0v) is 17.2. The quantitative estimate of drug-likeness (QED) is 0.392. The van der Waals surface area contributed by atoms with Crippen LogP contribution in [0.1, 0.15) is 29.3 Å². The van der Waals surface area contributed by atoms with Gasteiger partial charge < -0.3 is 9.88 Å². The van der Waals surface area contributed by atoms with Crippen molar-refractivity contribution >= 4 is 51.2 Å². The number of hydrogen-bond acceptors (Lipinski definition) is 6. The number of para-hydroxylation sites is 1. The van der Waals surface area contributed by atoms with Crippen molar-refractivity contribution in [3.63, 3.8) is 0 Å². The molecule has 1 aliphatic heterocycles. The number of amides is 1. The third-order valence-corrected chi connectivity index (χ3v) is 6.16.